The normalized spacial score (nSPS) is 18.8. The van der Waals surface area contributed by atoms with Crippen LogP contribution in [0.4, 0.5) is 0 Å². The average molecular weight is 473 g/mol. The molecule has 0 radical (unpaired) electrons. The Labute approximate surface area is 186 Å². The van der Waals surface area contributed by atoms with Gasteiger partial charge >= 0.3 is 0 Å². The number of halogens is 1. The molecule has 2 saturated heterocycles. The van der Waals surface area contributed by atoms with Gasteiger partial charge in [-0.25, -0.2) is 0 Å². The minimum absolute atomic E-state index is 0.0812. The van der Waals surface area contributed by atoms with Crippen molar-refractivity contribution in [2.45, 2.75) is 44.4 Å². The third-order valence-corrected chi connectivity index (χ3v) is 6.42. The Morgan fingerprint density at radius 2 is 1.97 bits per heavy atom. The van der Waals surface area contributed by atoms with Gasteiger partial charge in [0.1, 0.15) is 17.5 Å². The smallest absolute Gasteiger partial charge is 0.270 e. The second-order valence-electron chi connectivity index (χ2n) is 8.07. The Bertz CT molecular complexity index is 834. The Kier molecular flexibility index (Phi) is 7.36. The quantitative estimate of drug-likeness (QED) is 0.674. The van der Waals surface area contributed by atoms with E-state index in [1.807, 2.05) is 12.1 Å². The summed E-state index contributed by atoms with van der Waals surface area (Å²) in [5, 5.41) is 6.49. The maximum Gasteiger partial charge on any atom is 0.270 e. The summed E-state index contributed by atoms with van der Waals surface area (Å²) in [4.78, 5) is 18.9. The number of pyridine rings is 1. The molecule has 2 N–H and O–H groups in total. The van der Waals surface area contributed by atoms with Crippen LogP contribution < -0.4 is 15.4 Å². The number of hydrogen-bond acceptors (Lipinski definition) is 5. The monoisotopic (exact) mass is 472 g/mol. The van der Waals surface area contributed by atoms with Crippen LogP contribution in [-0.2, 0) is 6.54 Å². The van der Waals surface area contributed by atoms with Crippen LogP contribution in [0, 0.1) is 0 Å². The van der Waals surface area contributed by atoms with Gasteiger partial charge in [-0.2, -0.15) is 0 Å². The summed E-state index contributed by atoms with van der Waals surface area (Å²) in [6, 6.07) is 12.0. The summed E-state index contributed by atoms with van der Waals surface area (Å²) in [7, 11) is 0. The van der Waals surface area contributed by atoms with Gasteiger partial charge in [0.05, 0.1) is 4.47 Å². The van der Waals surface area contributed by atoms with Crippen LogP contribution in [-0.4, -0.2) is 54.1 Å². The summed E-state index contributed by atoms with van der Waals surface area (Å²) in [5.74, 6) is 0.851. The molecule has 2 aliphatic rings. The lowest BCUT2D eigenvalue weighted by atomic mass is 10.0. The van der Waals surface area contributed by atoms with E-state index < -0.39 is 0 Å². The number of nitrogens with zero attached hydrogens (tertiary/aromatic N) is 2. The number of likely N-dealkylation sites (tertiary alicyclic amines) is 1. The SMILES string of the molecule is O=C(NC1CCN(Cc2ccc(OC3CCNCC3)c(Br)c2)CC1)c1ccccn1. The van der Waals surface area contributed by atoms with Gasteiger partial charge in [0.15, 0.2) is 0 Å². The first-order chi connectivity index (χ1) is 14.7. The molecule has 7 heteroatoms. The van der Waals surface area contributed by atoms with Gasteiger partial charge < -0.3 is 15.4 Å². The van der Waals surface area contributed by atoms with Gasteiger partial charge in [-0.15, -0.1) is 0 Å². The maximum absolute atomic E-state index is 12.3. The highest BCUT2D eigenvalue weighted by molar-refractivity contribution is 9.10. The van der Waals surface area contributed by atoms with Crippen molar-refractivity contribution in [3.63, 3.8) is 0 Å². The molecule has 0 unspecified atom stereocenters. The lowest BCUT2D eigenvalue weighted by Crippen LogP contribution is -2.44. The van der Waals surface area contributed by atoms with E-state index in [-0.39, 0.29) is 11.9 Å². The Morgan fingerprint density at radius 1 is 1.17 bits per heavy atom. The highest BCUT2D eigenvalue weighted by atomic mass is 79.9. The van der Waals surface area contributed by atoms with E-state index in [9.17, 15) is 4.79 Å². The molecular weight excluding hydrogens is 444 g/mol. The molecule has 0 atom stereocenters. The number of carbonyl (C=O) groups is 1. The molecule has 6 nitrogen and oxygen atoms in total. The molecule has 0 aliphatic carbocycles. The van der Waals surface area contributed by atoms with E-state index in [1.165, 1.54) is 5.56 Å². The van der Waals surface area contributed by atoms with Crippen molar-refractivity contribution in [3.05, 3.63) is 58.3 Å². The van der Waals surface area contributed by atoms with Crippen LogP contribution in [0.5, 0.6) is 5.75 Å². The van der Waals surface area contributed by atoms with Gasteiger partial charge in [-0.1, -0.05) is 12.1 Å². The van der Waals surface area contributed by atoms with Gasteiger partial charge in [-0.3, -0.25) is 14.7 Å². The molecule has 0 spiro atoms. The third-order valence-electron chi connectivity index (χ3n) is 5.80. The first kappa shape index (κ1) is 21.3. The van der Waals surface area contributed by atoms with E-state index in [1.54, 1.807) is 12.3 Å². The molecule has 2 aliphatic heterocycles. The molecule has 30 heavy (non-hydrogen) atoms. The third kappa shape index (κ3) is 5.80. The topological polar surface area (TPSA) is 66.5 Å². The Balaban J connectivity index is 1.24. The van der Waals surface area contributed by atoms with Crippen LogP contribution >= 0.6 is 15.9 Å². The number of nitrogens with one attached hydrogen (secondary N) is 2. The standard InChI is InChI=1S/C23H29BrN4O2/c24-20-15-17(4-5-22(20)30-19-6-11-25-12-7-19)16-28-13-8-18(9-14-28)27-23(29)21-3-1-2-10-26-21/h1-5,10,15,18-19,25H,6-9,11-14,16H2,(H,27,29). The highest BCUT2D eigenvalue weighted by Gasteiger charge is 2.22. The predicted molar refractivity (Wildman–Crippen MR) is 121 cm³/mol. The van der Waals surface area contributed by atoms with E-state index in [4.69, 9.17) is 4.74 Å². The second-order valence-corrected chi connectivity index (χ2v) is 8.93. The predicted octanol–water partition coefficient (Wildman–Crippen LogP) is 3.37. The van der Waals surface area contributed by atoms with E-state index in [2.05, 4.69) is 54.6 Å². The molecular formula is C23H29BrN4O2. The van der Waals surface area contributed by atoms with Crippen LogP contribution in [0.25, 0.3) is 0 Å². The zero-order valence-electron chi connectivity index (χ0n) is 17.1. The van der Waals surface area contributed by atoms with Crippen molar-refractivity contribution in [2.24, 2.45) is 0 Å². The number of piperidine rings is 2. The number of ether oxygens (including phenoxy) is 1. The molecule has 1 aromatic heterocycles. The lowest BCUT2D eigenvalue weighted by Gasteiger charge is -2.32. The number of aromatic nitrogens is 1. The largest absolute Gasteiger partial charge is 0.489 e. The van der Waals surface area contributed by atoms with Gasteiger partial charge in [0.2, 0.25) is 0 Å². The Morgan fingerprint density at radius 3 is 2.67 bits per heavy atom. The molecule has 0 bridgehead atoms. The summed E-state index contributed by atoms with van der Waals surface area (Å²) in [6.07, 6.45) is 5.97. The van der Waals surface area contributed by atoms with Crippen molar-refractivity contribution in [1.82, 2.24) is 20.5 Å². The molecule has 4 rings (SSSR count). The number of benzene rings is 1. The van der Waals surface area contributed by atoms with Crippen LogP contribution in [0.1, 0.15) is 41.7 Å². The number of hydrogen-bond donors (Lipinski definition) is 2. The molecule has 1 aromatic carbocycles. The minimum atomic E-state index is -0.0812. The summed E-state index contributed by atoms with van der Waals surface area (Å²) < 4.78 is 7.20. The molecule has 3 heterocycles. The molecule has 2 fully saturated rings. The Hall–Kier alpha value is -1.96. The van der Waals surface area contributed by atoms with Gasteiger partial charge in [-0.05, 0) is 84.5 Å². The fourth-order valence-electron chi connectivity index (χ4n) is 4.08. The second kappa shape index (κ2) is 10.4. The summed E-state index contributed by atoms with van der Waals surface area (Å²) >= 11 is 3.69. The highest BCUT2D eigenvalue weighted by Crippen LogP contribution is 2.29. The summed E-state index contributed by atoms with van der Waals surface area (Å²) in [6.45, 7) is 4.90. The summed E-state index contributed by atoms with van der Waals surface area (Å²) in [5.41, 5.74) is 1.76. The van der Waals surface area contributed by atoms with Crippen LogP contribution in [0.3, 0.4) is 0 Å². The fraction of sp³-hybridized carbons (Fsp3) is 0.478. The van der Waals surface area contributed by atoms with Crippen molar-refractivity contribution >= 4 is 21.8 Å². The van der Waals surface area contributed by atoms with Crippen molar-refractivity contribution in [1.29, 1.82) is 0 Å². The zero-order chi connectivity index (χ0) is 20.8. The van der Waals surface area contributed by atoms with Crippen LogP contribution in [0.15, 0.2) is 47.1 Å². The fourth-order valence-corrected chi connectivity index (χ4v) is 4.60. The van der Waals surface area contributed by atoms with Gasteiger partial charge in [0, 0.05) is 31.9 Å². The molecule has 2 aromatic rings. The zero-order valence-corrected chi connectivity index (χ0v) is 18.7. The number of amides is 1. The van der Waals surface area contributed by atoms with E-state index in [0.29, 0.717) is 11.8 Å². The number of rotatable bonds is 6. The van der Waals surface area contributed by atoms with E-state index in [0.717, 1.165) is 68.6 Å². The first-order valence-corrected chi connectivity index (χ1v) is 11.6. The minimum Gasteiger partial charge on any atom is -0.489 e. The van der Waals surface area contributed by atoms with Crippen molar-refractivity contribution < 1.29 is 9.53 Å². The molecule has 1 amide bonds. The van der Waals surface area contributed by atoms with Crippen LogP contribution in [0.2, 0.25) is 0 Å². The molecule has 0 saturated carbocycles. The lowest BCUT2D eigenvalue weighted by molar-refractivity contribution is 0.0904. The van der Waals surface area contributed by atoms with Crippen molar-refractivity contribution in [3.8, 4) is 5.75 Å². The van der Waals surface area contributed by atoms with Gasteiger partial charge in [0.25, 0.3) is 5.91 Å². The van der Waals surface area contributed by atoms with E-state index >= 15 is 0 Å². The maximum atomic E-state index is 12.3. The molecule has 160 valence electrons. The average Bonchev–Trinajstić information content (AvgIpc) is 2.78. The first-order valence-electron chi connectivity index (χ1n) is 10.8. The van der Waals surface area contributed by atoms with Crippen molar-refractivity contribution in [2.75, 3.05) is 26.2 Å². The number of carbonyl (C=O) groups excluding carboxylic acids is 1.